The van der Waals surface area contributed by atoms with Gasteiger partial charge in [0, 0.05) is 60.1 Å². The van der Waals surface area contributed by atoms with E-state index in [9.17, 15) is 20.1 Å². The number of β-amino-alcohol motifs (C(OH)–C–C–N with tert-alkyl or cyclic N) is 1. The van der Waals surface area contributed by atoms with Crippen LogP contribution in [-0.2, 0) is 0 Å². The topological polar surface area (TPSA) is 93.5 Å². The first-order valence-corrected chi connectivity index (χ1v) is 17.8. The highest BCUT2D eigenvalue weighted by Gasteiger charge is 2.74. The Bertz CT molecular complexity index is 1630. The lowest BCUT2D eigenvalue weighted by atomic mass is 9.32. The number of allylic oxidation sites excluding steroid dienone is 4. The molecule has 3 saturated carbocycles. The Hall–Kier alpha value is -3.13. The number of carbonyl (C=O) groups excluding carboxylic acids is 1. The van der Waals surface area contributed by atoms with E-state index < -0.39 is 11.0 Å². The van der Waals surface area contributed by atoms with Gasteiger partial charge in [0.15, 0.2) is 5.78 Å². The van der Waals surface area contributed by atoms with Gasteiger partial charge in [0.1, 0.15) is 11.5 Å². The van der Waals surface area contributed by atoms with Gasteiger partial charge < -0.3 is 25.0 Å². The van der Waals surface area contributed by atoms with Crippen molar-refractivity contribution < 1.29 is 24.9 Å². The molecule has 0 radical (unpaired) electrons. The number of aliphatic hydroxyl groups is 2. The Labute approximate surface area is 278 Å². The zero-order chi connectivity index (χ0) is 32.8. The van der Waals surface area contributed by atoms with Crippen LogP contribution in [0.2, 0.25) is 0 Å². The molecule has 1 aliphatic heterocycles. The van der Waals surface area contributed by atoms with Crippen molar-refractivity contribution in [3.05, 3.63) is 77.9 Å². The Morgan fingerprint density at radius 1 is 0.894 bits per heavy atom. The third-order valence-corrected chi connectivity index (χ3v) is 14.4. The van der Waals surface area contributed by atoms with Crippen molar-refractivity contribution in [3.63, 3.8) is 0 Å². The van der Waals surface area contributed by atoms with E-state index in [2.05, 4.69) is 41.9 Å². The average molecular weight is 639 g/mol. The van der Waals surface area contributed by atoms with Crippen LogP contribution in [0.1, 0.15) is 69.2 Å². The van der Waals surface area contributed by atoms with E-state index in [1.165, 1.54) is 0 Å². The highest BCUT2D eigenvalue weighted by Crippen LogP contribution is 2.78. The van der Waals surface area contributed by atoms with Gasteiger partial charge in [0.2, 0.25) is 0 Å². The number of rotatable bonds is 6. The molecule has 1 saturated heterocycles. The standard InChI is InChI=1S/C40H50N2O5/c1-36-15-12-28(43)24-38(36)18-19-40(30(25-38)35(45)27-8-10-29(47-3)11-9-27)33(36)13-16-37(2)34(40)14-17-39(37,46)26-41-20-22-42(23-21-41)31-6-4-5-7-32(31)44/h4-11,18-19,25,28,33-34,43-44,46H,12-17,20-24,26H2,1-3H3/t28?,33-,34-,36-,37+,38+,39-,40-/m1/s1. The lowest BCUT2D eigenvalue weighted by Crippen LogP contribution is -2.67. The van der Waals surface area contributed by atoms with Gasteiger partial charge in [-0.15, -0.1) is 0 Å². The minimum atomic E-state index is -0.869. The summed E-state index contributed by atoms with van der Waals surface area (Å²) < 4.78 is 5.40. The van der Waals surface area contributed by atoms with Gasteiger partial charge in [0.05, 0.1) is 24.5 Å². The maximum Gasteiger partial charge on any atom is 0.189 e. The van der Waals surface area contributed by atoms with Crippen molar-refractivity contribution in [2.75, 3.05) is 44.7 Å². The Morgan fingerprint density at radius 2 is 1.57 bits per heavy atom. The molecule has 7 nitrogen and oxygen atoms in total. The molecule has 2 bridgehead atoms. The number of benzene rings is 2. The maximum absolute atomic E-state index is 14.7. The largest absolute Gasteiger partial charge is 0.506 e. The summed E-state index contributed by atoms with van der Waals surface area (Å²) in [6, 6.07) is 15.0. The molecule has 250 valence electrons. The summed E-state index contributed by atoms with van der Waals surface area (Å²) in [5.41, 5.74) is 0.350. The number of aliphatic hydroxyl groups excluding tert-OH is 1. The summed E-state index contributed by atoms with van der Waals surface area (Å²) >= 11 is 0. The van der Waals surface area contributed by atoms with Crippen LogP contribution >= 0.6 is 0 Å². The molecule has 8 atom stereocenters. The predicted molar refractivity (Wildman–Crippen MR) is 183 cm³/mol. The van der Waals surface area contributed by atoms with Crippen LogP contribution in [0.25, 0.3) is 0 Å². The third-order valence-electron chi connectivity index (χ3n) is 14.4. The fraction of sp³-hybridized carbons (Fsp3) is 0.575. The Morgan fingerprint density at radius 3 is 2.30 bits per heavy atom. The smallest absolute Gasteiger partial charge is 0.189 e. The molecule has 2 aromatic carbocycles. The number of ketones is 1. The molecule has 0 aromatic heterocycles. The molecule has 7 heteroatoms. The monoisotopic (exact) mass is 638 g/mol. The van der Waals surface area contributed by atoms with Gasteiger partial charge in [-0.25, -0.2) is 0 Å². The minimum absolute atomic E-state index is 0.0496. The second-order valence-electron chi connectivity index (χ2n) is 16.1. The van der Waals surface area contributed by atoms with Gasteiger partial charge in [-0.3, -0.25) is 9.69 Å². The number of Topliss-reactive ketones (excluding diaryl/α,β-unsaturated/α-hetero) is 1. The summed E-state index contributed by atoms with van der Waals surface area (Å²) in [6.07, 6.45) is 12.6. The van der Waals surface area contributed by atoms with Crippen LogP contribution < -0.4 is 9.64 Å². The minimum Gasteiger partial charge on any atom is -0.506 e. The normalized spacial score (nSPS) is 40.7. The number of anilines is 1. The number of hydrogen-bond donors (Lipinski definition) is 3. The number of aromatic hydroxyl groups is 1. The summed E-state index contributed by atoms with van der Waals surface area (Å²) in [6.45, 7) is 8.64. The molecule has 47 heavy (non-hydrogen) atoms. The molecule has 4 fully saturated rings. The van der Waals surface area contributed by atoms with Crippen LogP contribution in [0.15, 0.2) is 72.3 Å². The molecule has 3 N–H and O–H groups in total. The Balaban J connectivity index is 1.13. The van der Waals surface area contributed by atoms with Gasteiger partial charge in [-0.2, -0.15) is 0 Å². The first-order valence-electron chi connectivity index (χ1n) is 17.8. The zero-order valence-electron chi connectivity index (χ0n) is 28.1. The third kappa shape index (κ3) is 4.25. The fourth-order valence-corrected chi connectivity index (χ4v) is 11.7. The van der Waals surface area contributed by atoms with Crippen molar-refractivity contribution in [2.45, 2.75) is 70.5 Å². The van der Waals surface area contributed by atoms with Gasteiger partial charge in [-0.1, -0.05) is 44.2 Å². The first kappa shape index (κ1) is 31.2. The predicted octanol–water partition coefficient (Wildman–Crippen LogP) is 6.00. The van der Waals surface area contributed by atoms with E-state index in [0.717, 1.165) is 81.7 Å². The molecule has 7 aliphatic rings. The van der Waals surface area contributed by atoms with E-state index in [4.69, 9.17) is 4.74 Å². The number of hydrogen-bond acceptors (Lipinski definition) is 7. The number of phenols is 1. The maximum atomic E-state index is 14.7. The molecule has 0 amide bonds. The molecule has 1 unspecified atom stereocenters. The van der Waals surface area contributed by atoms with Crippen molar-refractivity contribution in [2.24, 2.45) is 33.5 Å². The van der Waals surface area contributed by atoms with Gasteiger partial charge >= 0.3 is 0 Å². The molecule has 2 spiro atoms. The highest BCUT2D eigenvalue weighted by molar-refractivity contribution is 6.10. The van der Waals surface area contributed by atoms with Gasteiger partial charge in [0.25, 0.3) is 0 Å². The second-order valence-corrected chi connectivity index (χ2v) is 16.1. The second kappa shape index (κ2) is 10.7. The van der Waals surface area contributed by atoms with Crippen LogP contribution in [-0.4, -0.2) is 77.5 Å². The van der Waals surface area contributed by atoms with Crippen LogP contribution in [0.3, 0.4) is 0 Å². The summed E-state index contributed by atoms with van der Waals surface area (Å²) in [5, 5.41) is 34.2. The zero-order valence-corrected chi connectivity index (χ0v) is 28.1. The summed E-state index contributed by atoms with van der Waals surface area (Å²) in [7, 11) is 1.64. The number of ether oxygens (including phenoxy) is 1. The quantitative estimate of drug-likeness (QED) is 0.264. The molecule has 9 rings (SSSR count). The Kier molecular flexibility index (Phi) is 7.08. The summed E-state index contributed by atoms with van der Waals surface area (Å²) in [5.74, 6) is 1.52. The van der Waals surface area contributed by atoms with E-state index >= 15 is 0 Å². The average Bonchev–Trinajstić information content (AvgIpc) is 3.35. The van der Waals surface area contributed by atoms with Gasteiger partial charge in [-0.05, 0) is 98.6 Å². The van der Waals surface area contributed by atoms with Crippen molar-refractivity contribution in [1.82, 2.24) is 4.90 Å². The number of methoxy groups -OCH3 is 1. The van der Waals surface area contributed by atoms with E-state index in [0.29, 0.717) is 24.3 Å². The number of fused-ring (bicyclic) bond motifs is 1. The fourth-order valence-electron chi connectivity index (χ4n) is 11.7. The van der Waals surface area contributed by atoms with Crippen molar-refractivity contribution in [1.29, 1.82) is 0 Å². The highest BCUT2D eigenvalue weighted by atomic mass is 16.5. The van der Waals surface area contributed by atoms with E-state index in [1.807, 2.05) is 42.5 Å². The molecule has 2 aromatic rings. The number of piperazine rings is 1. The SMILES string of the molecule is COc1ccc(C(=O)C2=C[C@@]34C=C[C@@]25[C@@H]2CC[C@@](O)(CN6CCN(c7ccccc7O)CC6)[C@@]2(C)CC[C@@H]5[C@@]3(C)CCC(O)C4)cc1. The number of para-hydroxylation sites is 2. The number of phenolic OH excluding ortho intramolecular Hbond substituents is 1. The van der Waals surface area contributed by atoms with Crippen LogP contribution in [0, 0.1) is 33.5 Å². The first-order chi connectivity index (χ1) is 22.5. The van der Waals surface area contributed by atoms with E-state index in [-0.39, 0.29) is 40.0 Å². The number of nitrogens with zero attached hydrogens (tertiary/aromatic N) is 2. The van der Waals surface area contributed by atoms with Crippen molar-refractivity contribution >= 4 is 11.5 Å². The lowest BCUT2D eigenvalue weighted by Gasteiger charge is -2.71. The summed E-state index contributed by atoms with van der Waals surface area (Å²) in [4.78, 5) is 19.4. The van der Waals surface area contributed by atoms with Crippen LogP contribution in [0.4, 0.5) is 5.69 Å². The lowest BCUT2D eigenvalue weighted by molar-refractivity contribution is -0.176. The van der Waals surface area contributed by atoms with Crippen LogP contribution in [0.5, 0.6) is 11.5 Å². The van der Waals surface area contributed by atoms with Crippen molar-refractivity contribution in [3.8, 4) is 11.5 Å². The molecule has 6 aliphatic carbocycles. The molecular weight excluding hydrogens is 588 g/mol. The molecular formula is C40H50N2O5. The number of carbonyl (C=O) groups is 1. The molecule has 1 heterocycles. The van der Waals surface area contributed by atoms with E-state index in [1.54, 1.807) is 13.2 Å².